The minimum absolute atomic E-state index is 0.608. The smallest absolute Gasteiger partial charge is 0.325 e. The number of fused-ring (bicyclic) bond motifs is 4. The van der Waals surface area contributed by atoms with E-state index in [1.165, 1.54) is 11.1 Å². The van der Waals surface area contributed by atoms with E-state index in [1.807, 2.05) is 30.4 Å². The van der Waals surface area contributed by atoms with Gasteiger partial charge in [0.2, 0.25) is 11.6 Å². The Morgan fingerprint density at radius 2 is 1.91 bits per heavy atom. The molecular formula is C26H27N4O2+. The molecule has 6 heteroatoms. The molecule has 0 bridgehead atoms. The summed E-state index contributed by atoms with van der Waals surface area (Å²) < 4.78 is 16.8. The van der Waals surface area contributed by atoms with E-state index in [4.69, 9.17) is 16.0 Å². The summed E-state index contributed by atoms with van der Waals surface area (Å²) in [6, 6.07) is 10.2. The van der Waals surface area contributed by atoms with Gasteiger partial charge in [-0.1, -0.05) is 6.07 Å². The van der Waals surface area contributed by atoms with Gasteiger partial charge in [-0.2, -0.15) is 0 Å². The predicted molar refractivity (Wildman–Crippen MR) is 126 cm³/mol. The number of aromatic nitrogens is 2. The zero-order valence-electron chi connectivity index (χ0n) is 19.0. The van der Waals surface area contributed by atoms with Crippen LogP contribution in [0, 0.1) is 20.4 Å². The van der Waals surface area contributed by atoms with Gasteiger partial charge in [0.05, 0.1) is 18.8 Å². The van der Waals surface area contributed by atoms with Crippen LogP contribution in [0.3, 0.4) is 0 Å². The van der Waals surface area contributed by atoms with Crippen molar-refractivity contribution in [3.05, 3.63) is 76.7 Å². The maximum Gasteiger partial charge on any atom is 0.325 e. The summed E-state index contributed by atoms with van der Waals surface area (Å²) in [6.07, 6.45) is 4.01. The van der Waals surface area contributed by atoms with Gasteiger partial charge in [0.15, 0.2) is 22.5 Å². The van der Waals surface area contributed by atoms with Crippen molar-refractivity contribution in [1.29, 1.82) is 0 Å². The van der Waals surface area contributed by atoms with Crippen LogP contribution >= 0.6 is 0 Å². The first-order valence-corrected chi connectivity index (χ1v) is 11.1. The van der Waals surface area contributed by atoms with Gasteiger partial charge >= 0.3 is 5.82 Å². The number of benzene rings is 2. The van der Waals surface area contributed by atoms with Crippen molar-refractivity contribution in [3.63, 3.8) is 0 Å². The Balaban J connectivity index is 1.60. The van der Waals surface area contributed by atoms with E-state index in [0.717, 1.165) is 59.6 Å². The minimum atomic E-state index is 0.608. The molecule has 2 aromatic carbocycles. The first-order valence-electron chi connectivity index (χ1n) is 11.1. The number of aryl methyl sites for hydroxylation is 3. The molecule has 0 amide bonds. The molecule has 0 aliphatic carbocycles. The van der Waals surface area contributed by atoms with Crippen LogP contribution in [0.25, 0.3) is 21.6 Å². The first kappa shape index (κ1) is 20.2. The number of anilines is 1. The summed E-state index contributed by atoms with van der Waals surface area (Å²) in [7, 11) is 0. The summed E-state index contributed by atoms with van der Waals surface area (Å²) in [5.74, 6) is 3.54. The van der Waals surface area contributed by atoms with E-state index >= 15 is 0 Å². The molecule has 0 unspecified atom stereocenters. The van der Waals surface area contributed by atoms with Crippen LogP contribution in [-0.2, 0) is 17.8 Å². The lowest BCUT2D eigenvalue weighted by atomic mass is 10.1. The third-order valence-corrected chi connectivity index (χ3v) is 6.33. The van der Waals surface area contributed by atoms with Crippen molar-refractivity contribution in [2.45, 2.75) is 40.8 Å². The average molecular weight is 428 g/mol. The summed E-state index contributed by atoms with van der Waals surface area (Å²) in [6.45, 7) is 18.9. The van der Waals surface area contributed by atoms with Crippen LogP contribution in [0.5, 0.6) is 5.75 Å². The van der Waals surface area contributed by atoms with Crippen LogP contribution in [-0.4, -0.2) is 17.7 Å². The van der Waals surface area contributed by atoms with Crippen molar-refractivity contribution >= 4 is 28.2 Å². The molecule has 162 valence electrons. The molecule has 6 nitrogen and oxygen atoms in total. The second-order valence-corrected chi connectivity index (χ2v) is 8.14. The van der Waals surface area contributed by atoms with Gasteiger partial charge < -0.3 is 14.4 Å². The Morgan fingerprint density at radius 3 is 2.66 bits per heavy atom. The molecule has 1 aromatic heterocycles. The number of imidazole rings is 1. The molecule has 2 aliphatic rings. The van der Waals surface area contributed by atoms with Gasteiger partial charge in [0.25, 0.3) is 0 Å². The molecule has 3 aromatic rings. The maximum atomic E-state index is 7.38. The molecule has 32 heavy (non-hydrogen) atoms. The zero-order valence-corrected chi connectivity index (χ0v) is 19.0. The molecule has 5 rings (SSSR count). The van der Waals surface area contributed by atoms with Crippen LogP contribution in [0.15, 0.2) is 48.4 Å². The highest BCUT2D eigenvalue weighted by molar-refractivity contribution is 5.79. The van der Waals surface area contributed by atoms with Crippen molar-refractivity contribution < 1.29 is 14.0 Å². The van der Waals surface area contributed by atoms with Crippen molar-refractivity contribution in [2.24, 2.45) is 0 Å². The number of rotatable bonds is 3. The second kappa shape index (κ2) is 7.76. The van der Waals surface area contributed by atoms with E-state index in [-0.39, 0.29) is 0 Å². The molecule has 0 spiro atoms. The van der Waals surface area contributed by atoms with Crippen LogP contribution in [0.4, 0.5) is 11.4 Å². The molecular weight excluding hydrogens is 400 g/mol. The lowest BCUT2D eigenvalue weighted by Crippen LogP contribution is -2.43. The number of ether oxygens (including phenoxy) is 2. The van der Waals surface area contributed by atoms with Crippen molar-refractivity contribution in [1.82, 2.24) is 4.57 Å². The number of allylic oxidation sites excluding steroid dienone is 2. The van der Waals surface area contributed by atoms with E-state index in [2.05, 4.69) is 58.7 Å². The highest BCUT2D eigenvalue weighted by Gasteiger charge is 2.32. The Morgan fingerprint density at radius 1 is 1.09 bits per heavy atom. The lowest BCUT2D eigenvalue weighted by molar-refractivity contribution is -0.682. The Labute approximate surface area is 188 Å². The Hall–Kier alpha value is -3.72. The summed E-state index contributed by atoms with van der Waals surface area (Å²) in [5, 5.41) is 0. The van der Waals surface area contributed by atoms with Gasteiger partial charge in [0, 0.05) is 12.6 Å². The molecule has 0 atom stereocenters. The van der Waals surface area contributed by atoms with Crippen LogP contribution in [0.1, 0.15) is 30.8 Å². The van der Waals surface area contributed by atoms with Gasteiger partial charge in [-0.05, 0) is 69.2 Å². The third kappa shape index (κ3) is 3.04. The molecule has 0 radical (unpaired) electrons. The molecule has 0 saturated carbocycles. The highest BCUT2D eigenvalue weighted by Crippen LogP contribution is 2.40. The largest absolute Gasteiger partial charge is 0.482 e. The first-order chi connectivity index (χ1) is 15.5. The van der Waals surface area contributed by atoms with E-state index in [9.17, 15) is 0 Å². The van der Waals surface area contributed by atoms with Gasteiger partial charge in [-0.3, -0.25) is 0 Å². The molecule has 0 fully saturated rings. The topological polar surface area (TPSA) is 34.9 Å². The summed E-state index contributed by atoms with van der Waals surface area (Å²) in [4.78, 5) is 5.80. The predicted octanol–water partition coefficient (Wildman–Crippen LogP) is 5.25. The Kier molecular flexibility index (Phi) is 4.90. The van der Waals surface area contributed by atoms with Crippen LogP contribution < -0.4 is 14.2 Å². The number of nitrogens with zero attached hydrogens (tertiary/aromatic N) is 4. The normalized spacial score (nSPS) is 17.3. The molecule has 2 aliphatic heterocycles. The van der Waals surface area contributed by atoms with Gasteiger partial charge in [0.1, 0.15) is 13.2 Å². The third-order valence-electron chi connectivity index (χ3n) is 6.33. The standard InChI is InChI=1S/C26H27N4O2/c1-6-28-22-14-17(3)18(4)15-24(22)32-25(28)11-10-23-26-29(7-2)21-16-19(27-5)8-9-20(21)30(26)12-13-31-23/h8-11,14-16H,6-7,12-13H2,1-4H3/q+1. The Bertz CT molecular complexity index is 1340. The molecule has 0 saturated heterocycles. The van der Waals surface area contributed by atoms with Gasteiger partial charge in [-0.15, -0.1) is 0 Å². The molecule has 0 N–H and O–H groups in total. The maximum absolute atomic E-state index is 7.38. The van der Waals surface area contributed by atoms with Crippen LogP contribution in [0.2, 0.25) is 0 Å². The number of hydrogen-bond acceptors (Lipinski definition) is 3. The second-order valence-electron chi connectivity index (χ2n) is 8.14. The monoisotopic (exact) mass is 427 g/mol. The highest BCUT2D eigenvalue weighted by atomic mass is 16.5. The fraction of sp³-hybridized carbons (Fsp3) is 0.308. The van der Waals surface area contributed by atoms with Gasteiger partial charge in [-0.25, -0.2) is 14.0 Å². The quantitative estimate of drug-likeness (QED) is 0.423. The summed E-state index contributed by atoms with van der Waals surface area (Å²) >= 11 is 0. The van der Waals surface area contributed by atoms with E-state index in [1.54, 1.807) is 0 Å². The zero-order chi connectivity index (χ0) is 22.4. The fourth-order valence-electron chi connectivity index (χ4n) is 4.60. The molecule has 3 heterocycles. The average Bonchev–Trinajstić information content (AvgIpc) is 3.31. The SMILES string of the molecule is [C-]#[N+]c1ccc2c(c1)n(CC)c1[n+]2CCOC1=CC=C1Oc2cc(C)c(C)cc2N1CC. The van der Waals surface area contributed by atoms with Crippen molar-refractivity contribution in [2.75, 3.05) is 18.1 Å². The minimum Gasteiger partial charge on any atom is -0.482 e. The van der Waals surface area contributed by atoms with E-state index < -0.39 is 0 Å². The van der Waals surface area contributed by atoms with Crippen molar-refractivity contribution in [3.8, 4) is 5.75 Å². The van der Waals surface area contributed by atoms with E-state index in [0.29, 0.717) is 12.3 Å². The fourth-order valence-corrected chi connectivity index (χ4v) is 4.60. The lowest BCUT2D eigenvalue weighted by Gasteiger charge is -2.17. The summed E-state index contributed by atoms with van der Waals surface area (Å²) in [5.41, 5.74) is 6.43. The number of hydrogen-bond donors (Lipinski definition) is 0.